The van der Waals surface area contributed by atoms with Gasteiger partial charge < -0.3 is 47.8 Å². The number of hydrogen-bond donors (Lipinski definition) is 2. The zero-order chi connectivity index (χ0) is 43.0. The van der Waals surface area contributed by atoms with E-state index in [-0.39, 0.29) is 24.4 Å². The van der Waals surface area contributed by atoms with Gasteiger partial charge in [0.05, 0.1) is 24.4 Å². The predicted molar refractivity (Wildman–Crippen MR) is 215 cm³/mol. The highest BCUT2D eigenvalue weighted by atomic mass is 17.0. The molecule has 6 aliphatic rings. The summed E-state index contributed by atoms with van der Waals surface area (Å²) >= 11 is 0. The van der Waals surface area contributed by atoms with Crippen LogP contribution in [0.15, 0.2) is 24.3 Å². The van der Waals surface area contributed by atoms with E-state index < -0.39 is 102 Å². The Morgan fingerprint density at radius 3 is 1.37 bits per heavy atom. The monoisotopic (exact) mass is 831 g/mol. The molecule has 4 saturated heterocycles. The largest absolute Gasteiger partial charge is 0.536 e. The maximum absolute atomic E-state index is 14.6. The van der Waals surface area contributed by atoms with Crippen LogP contribution in [0.3, 0.4) is 0 Å². The molecule has 4 fully saturated rings. The number of Topliss-reactive ketones (excluding diaryl/α,β-unsaturated/α-hetero) is 2. The molecule has 0 aromatic carbocycles. The van der Waals surface area contributed by atoms with E-state index in [0.29, 0.717) is 77.0 Å². The molecule has 6 aliphatic heterocycles. The Bertz CT molecular complexity index is 1490. The minimum atomic E-state index is -3.52. The quantitative estimate of drug-likeness (QED) is 0.185. The zero-order valence-corrected chi connectivity index (χ0v) is 36.4. The molecule has 6 rings (SSSR count). The molecule has 14 nitrogen and oxygen atoms in total. The van der Waals surface area contributed by atoms with Crippen LogP contribution >= 0.6 is 0 Å². The number of carbonyl (C=O) groups is 4. The van der Waals surface area contributed by atoms with Crippen LogP contribution in [0.5, 0.6) is 0 Å². The number of fused-ring (bicyclic) bond motifs is 4. The third-order valence-electron chi connectivity index (χ3n) is 14.0. The lowest BCUT2D eigenvalue weighted by Crippen LogP contribution is -2.61. The lowest BCUT2D eigenvalue weighted by atomic mass is 9.74. The first-order chi connectivity index (χ1) is 27.8. The van der Waals surface area contributed by atoms with Crippen molar-refractivity contribution in [3.05, 3.63) is 24.3 Å². The number of hydrogen-bond acceptors (Lipinski definition) is 14. The van der Waals surface area contributed by atoms with Crippen molar-refractivity contribution in [3.63, 3.8) is 0 Å². The Morgan fingerprint density at radius 2 is 1.00 bits per heavy atom. The highest BCUT2D eigenvalue weighted by Gasteiger charge is 2.73. The minimum absolute atomic E-state index is 0.0918. The lowest BCUT2D eigenvalue weighted by molar-refractivity contribution is -0.302. The highest BCUT2D eigenvalue weighted by Crippen LogP contribution is 2.57. The molecule has 0 saturated carbocycles. The molecule has 12 atom stereocenters. The molecule has 2 N–H and O–H groups in total. The van der Waals surface area contributed by atoms with Gasteiger partial charge in [0.25, 0.3) is 0 Å². The lowest BCUT2D eigenvalue weighted by Gasteiger charge is -2.51. The number of carbonyl (C=O) groups excluding carboxylic acids is 4. The number of ketones is 2. The third kappa shape index (κ3) is 9.19. The molecule has 59 heavy (non-hydrogen) atoms. The van der Waals surface area contributed by atoms with E-state index in [1.54, 1.807) is 27.7 Å². The Hall–Kier alpha value is -2.50. The van der Waals surface area contributed by atoms with E-state index in [2.05, 4.69) is 0 Å². The normalized spacial score (nSPS) is 43.8. The summed E-state index contributed by atoms with van der Waals surface area (Å²) < 4.78 is 53.1. The van der Waals surface area contributed by atoms with Crippen LogP contribution in [-0.4, -0.2) is 101 Å². The Kier molecular flexibility index (Phi) is 14.1. The number of aliphatic hydroxyl groups excluding tert-OH is 2. The van der Waals surface area contributed by atoms with E-state index in [0.717, 1.165) is 0 Å². The van der Waals surface area contributed by atoms with Gasteiger partial charge in [-0.15, -0.1) is 0 Å². The second kappa shape index (κ2) is 18.1. The van der Waals surface area contributed by atoms with E-state index in [9.17, 15) is 29.4 Å². The van der Waals surface area contributed by atoms with Gasteiger partial charge in [-0.1, -0.05) is 79.7 Å². The minimum Gasteiger partial charge on any atom is -0.504 e. The third-order valence-corrected chi connectivity index (χ3v) is 14.0. The molecule has 0 amide bonds. The summed E-state index contributed by atoms with van der Waals surface area (Å²) in [6, 6.07) is 0. The molecule has 0 radical (unpaired) electrons. The number of rotatable bonds is 2. The zero-order valence-electron chi connectivity index (χ0n) is 36.4. The smallest absolute Gasteiger partial charge is 0.504 e. The molecule has 0 aliphatic carbocycles. The van der Waals surface area contributed by atoms with Crippen LogP contribution in [0.4, 0.5) is 0 Å². The van der Waals surface area contributed by atoms with Crippen molar-refractivity contribution in [1.82, 2.24) is 0 Å². The molecule has 15 heteroatoms. The molecule has 3 spiro atoms. The number of aliphatic hydroxyl groups is 2. The predicted octanol–water partition coefficient (Wildman–Crippen LogP) is 6.09. The fourth-order valence-electron chi connectivity index (χ4n) is 9.52. The average Bonchev–Trinajstić information content (AvgIpc) is 3.68. The first-order valence-electron chi connectivity index (χ1n) is 22.2. The van der Waals surface area contributed by atoms with Crippen molar-refractivity contribution >= 4 is 30.5 Å². The van der Waals surface area contributed by atoms with Crippen LogP contribution in [0, 0.1) is 22.7 Å². The Labute approximate surface area is 349 Å². The first-order valence-corrected chi connectivity index (χ1v) is 22.2. The van der Waals surface area contributed by atoms with Crippen molar-refractivity contribution < 1.29 is 67.0 Å². The Morgan fingerprint density at radius 1 is 0.610 bits per heavy atom. The van der Waals surface area contributed by atoms with Crippen LogP contribution in [0.2, 0.25) is 0 Å². The number of allylic oxidation sites excluding steroid dienone is 2. The summed E-state index contributed by atoms with van der Waals surface area (Å²) in [5, 5.41) is 21.9. The summed E-state index contributed by atoms with van der Waals surface area (Å²) in [6.07, 6.45) is 4.87. The van der Waals surface area contributed by atoms with Gasteiger partial charge in [-0.25, -0.2) is 9.59 Å². The first kappa shape index (κ1) is 46.0. The molecular formula is C44H68BO14-. The summed E-state index contributed by atoms with van der Waals surface area (Å²) in [6.45, 7) is 11.1. The van der Waals surface area contributed by atoms with Gasteiger partial charge in [0, 0.05) is 48.3 Å². The van der Waals surface area contributed by atoms with Crippen molar-refractivity contribution in [2.45, 2.75) is 206 Å². The maximum Gasteiger partial charge on any atom is 0.536 e. The topological polar surface area (TPSA) is 183 Å². The van der Waals surface area contributed by atoms with Gasteiger partial charge in [-0.05, 0) is 64.2 Å². The molecule has 332 valence electrons. The highest BCUT2D eigenvalue weighted by molar-refractivity contribution is 6.56. The van der Waals surface area contributed by atoms with Crippen molar-refractivity contribution in [1.29, 1.82) is 0 Å². The summed E-state index contributed by atoms with van der Waals surface area (Å²) in [5.41, 5.74) is -2.26. The van der Waals surface area contributed by atoms with E-state index in [4.69, 9.17) is 37.6 Å². The number of cyclic esters (lactones) is 2. The van der Waals surface area contributed by atoms with Gasteiger partial charge in [0.2, 0.25) is 0 Å². The van der Waals surface area contributed by atoms with E-state index in [1.165, 1.54) is 0 Å². The van der Waals surface area contributed by atoms with E-state index in [1.807, 2.05) is 52.0 Å². The molecule has 7 bridgehead atoms. The van der Waals surface area contributed by atoms with Crippen LogP contribution in [0.25, 0.3) is 0 Å². The van der Waals surface area contributed by atoms with E-state index >= 15 is 0 Å². The van der Waals surface area contributed by atoms with Gasteiger partial charge in [-0.3, -0.25) is 9.59 Å². The van der Waals surface area contributed by atoms with Gasteiger partial charge in [0.15, 0.2) is 23.8 Å². The maximum atomic E-state index is 14.6. The SMILES string of the molecule is CCC1CC=CCCC(O)CC(=O)C(C)(C)C2CCC(C)C3(O2)O[B-]24OC(C(=O)O1)C1(OC(CCC1C)C(C)(C)C(=O)CC(O)CCC=CCC(CC)OC(=O)C3O2)O4. The molecule has 0 aromatic rings. The number of ether oxygens (including phenoxy) is 4. The molecule has 6 heterocycles. The molecule has 0 aromatic heterocycles. The van der Waals surface area contributed by atoms with Crippen LogP contribution in [0.1, 0.15) is 145 Å². The van der Waals surface area contributed by atoms with Crippen molar-refractivity contribution in [2.75, 3.05) is 0 Å². The average molecular weight is 832 g/mol. The molecule has 12 unspecified atom stereocenters. The van der Waals surface area contributed by atoms with Gasteiger partial charge in [-0.2, -0.15) is 0 Å². The second-order valence-electron chi connectivity index (χ2n) is 19.0. The summed E-state index contributed by atoms with van der Waals surface area (Å²) in [4.78, 5) is 57.3. The number of esters is 2. The van der Waals surface area contributed by atoms with Crippen LogP contribution < -0.4 is 0 Å². The van der Waals surface area contributed by atoms with Gasteiger partial charge >= 0.3 is 18.9 Å². The van der Waals surface area contributed by atoms with Crippen molar-refractivity contribution in [3.8, 4) is 0 Å². The van der Waals surface area contributed by atoms with Crippen molar-refractivity contribution in [2.24, 2.45) is 22.7 Å². The Balaban J connectivity index is 1.50. The molecular weight excluding hydrogens is 763 g/mol. The standard InChI is InChI=1S/C44H68BO14/c1-9-31-19-15-11-13-17-29(46)25-33(48)42(7,8)36-24-22-28(4)44(55-36)38-40(51)53-32(10-2)20-16-12-14-18-30(47)26-34(49)41(5,6)35-23-21-27(3)43(54-35)37(39(50)52-31)56-45(57-38,58-43)59-44/h11-12,15-16,27-32,35-38,46-47H,9-10,13-14,17-26H2,1-8H3/q-1. The van der Waals surface area contributed by atoms with Crippen LogP contribution in [-0.2, 0) is 56.7 Å². The fourth-order valence-corrected chi connectivity index (χ4v) is 9.52. The second-order valence-corrected chi connectivity index (χ2v) is 19.0. The summed E-state index contributed by atoms with van der Waals surface area (Å²) in [5.74, 6) is -6.89. The summed E-state index contributed by atoms with van der Waals surface area (Å²) in [7, 11) is 0. The fraction of sp³-hybridized carbons (Fsp3) is 0.818. The van der Waals surface area contributed by atoms with Gasteiger partial charge in [0.1, 0.15) is 23.8 Å².